The van der Waals surface area contributed by atoms with E-state index in [9.17, 15) is 0 Å². The van der Waals surface area contributed by atoms with Crippen LogP contribution >= 0.6 is 15.9 Å². The molecule has 0 amide bonds. The molecular formula is C17H25BrN2. The van der Waals surface area contributed by atoms with Crippen molar-refractivity contribution in [3.8, 4) is 0 Å². The number of alkyl halides is 1. The summed E-state index contributed by atoms with van der Waals surface area (Å²) in [4.78, 5) is 5.35. The molecule has 110 valence electrons. The molecular weight excluding hydrogens is 312 g/mol. The van der Waals surface area contributed by atoms with E-state index in [1.54, 1.807) is 0 Å². The molecule has 2 aliphatic rings. The lowest BCUT2D eigenvalue weighted by Crippen LogP contribution is -2.59. The number of piperazine rings is 1. The molecule has 2 nitrogen and oxygen atoms in total. The van der Waals surface area contributed by atoms with E-state index in [4.69, 9.17) is 0 Å². The molecule has 0 spiro atoms. The predicted molar refractivity (Wildman–Crippen MR) is 89.8 cm³/mol. The van der Waals surface area contributed by atoms with Gasteiger partial charge in [-0.25, -0.2) is 0 Å². The number of nitrogens with zero attached hydrogens (tertiary/aromatic N) is 2. The summed E-state index contributed by atoms with van der Waals surface area (Å²) in [6.07, 6.45) is 4.18. The minimum atomic E-state index is 0.623. The van der Waals surface area contributed by atoms with Gasteiger partial charge in [0, 0.05) is 36.2 Å². The average molecular weight is 337 g/mol. The maximum Gasteiger partial charge on any atom is 0.0399 e. The summed E-state index contributed by atoms with van der Waals surface area (Å²) in [6, 6.07) is 8.30. The Morgan fingerprint density at radius 3 is 2.85 bits per heavy atom. The number of benzene rings is 1. The lowest BCUT2D eigenvalue weighted by atomic mass is 9.96. The van der Waals surface area contributed by atoms with Crippen LogP contribution in [0.1, 0.15) is 37.3 Å². The number of hydrogen-bond acceptors (Lipinski definition) is 2. The largest absolute Gasteiger partial charge is 0.366 e. The third-order valence-electron chi connectivity index (χ3n) is 4.91. The summed E-state index contributed by atoms with van der Waals surface area (Å²) in [6.45, 7) is 8.37. The molecule has 3 heteroatoms. The monoisotopic (exact) mass is 336 g/mol. The minimum Gasteiger partial charge on any atom is -0.366 e. The quantitative estimate of drug-likeness (QED) is 0.754. The van der Waals surface area contributed by atoms with E-state index in [1.165, 1.54) is 55.7 Å². The Morgan fingerprint density at radius 2 is 2.10 bits per heavy atom. The van der Waals surface area contributed by atoms with Crippen LogP contribution in [0.4, 0.5) is 5.69 Å². The molecule has 3 rings (SSSR count). The molecule has 20 heavy (non-hydrogen) atoms. The van der Waals surface area contributed by atoms with Crippen molar-refractivity contribution in [1.82, 2.24) is 4.90 Å². The zero-order valence-corrected chi connectivity index (χ0v) is 14.2. The second-order valence-corrected chi connectivity index (χ2v) is 6.96. The highest BCUT2D eigenvalue weighted by atomic mass is 79.9. The summed E-state index contributed by atoms with van der Waals surface area (Å²) in [5.41, 5.74) is 4.22. The molecule has 2 unspecified atom stereocenters. The maximum atomic E-state index is 3.55. The fourth-order valence-electron chi connectivity index (χ4n) is 3.81. The van der Waals surface area contributed by atoms with E-state index in [0.717, 1.165) is 11.4 Å². The van der Waals surface area contributed by atoms with Crippen molar-refractivity contribution in [3.05, 3.63) is 29.3 Å². The van der Waals surface area contributed by atoms with Crippen molar-refractivity contribution in [2.24, 2.45) is 0 Å². The molecule has 0 N–H and O–H groups in total. The van der Waals surface area contributed by atoms with Gasteiger partial charge in [-0.15, -0.1) is 0 Å². The average Bonchev–Trinajstić information content (AvgIpc) is 2.46. The third-order valence-corrected chi connectivity index (χ3v) is 5.56. The Hall–Kier alpha value is -0.540. The summed E-state index contributed by atoms with van der Waals surface area (Å²) in [5.74, 6) is 0. The van der Waals surface area contributed by atoms with Gasteiger partial charge in [-0.05, 0) is 50.4 Å². The van der Waals surface area contributed by atoms with E-state index >= 15 is 0 Å². The summed E-state index contributed by atoms with van der Waals surface area (Å²) in [5, 5.41) is 0.945. The van der Waals surface area contributed by atoms with E-state index in [1.807, 2.05) is 0 Å². The standard InChI is InChI=1S/C17H25BrN2/c1-13-9-15(10-18)6-7-17(13)20-12-16-5-3-4-8-19(16)11-14(20)2/h6-7,9,14,16H,3-5,8,10-12H2,1-2H3. The van der Waals surface area contributed by atoms with Crippen LogP contribution in [0.15, 0.2) is 18.2 Å². The Morgan fingerprint density at radius 1 is 1.25 bits per heavy atom. The van der Waals surface area contributed by atoms with Gasteiger partial charge in [0.05, 0.1) is 0 Å². The van der Waals surface area contributed by atoms with Gasteiger partial charge in [-0.1, -0.05) is 34.5 Å². The van der Waals surface area contributed by atoms with E-state index in [-0.39, 0.29) is 0 Å². The first kappa shape index (κ1) is 14.4. The molecule has 0 aliphatic carbocycles. The Kier molecular flexibility index (Phi) is 4.37. The number of anilines is 1. The van der Waals surface area contributed by atoms with Crippen LogP contribution in [0.3, 0.4) is 0 Å². The molecule has 2 atom stereocenters. The molecule has 0 bridgehead atoms. The number of piperidine rings is 1. The summed E-state index contributed by atoms with van der Waals surface area (Å²) < 4.78 is 0. The van der Waals surface area contributed by atoms with Crippen molar-refractivity contribution < 1.29 is 0 Å². The fourth-order valence-corrected chi connectivity index (χ4v) is 4.16. The minimum absolute atomic E-state index is 0.623. The molecule has 1 aromatic rings. The lowest BCUT2D eigenvalue weighted by Gasteiger charge is -2.48. The van der Waals surface area contributed by atoms with Crippen molar-refractivity contribution in [2.45, 2.75) is 50.5 Å². The molecule has 1 aromatic carbocycles. The van der Waals surface area contributed by atoms with Crippen LogP contribution < -0.4 is 4.90 Å². The third kappa shape index (κ3) is 2.75. The molecule has 2 aliphatic heterocycles. The maximum absolute atomic E-state index is 3.55. The Bertz CT molecular complexity index is 474. The van der Waals surface area contributed by atoms with Crippen molar-refractivity contribution in [1.29, 1.82) is 0 Å². The van der Waals surface area contributed by atoms with Crippen molar-refractivity contribution >= 4 is 21.6 Å². The SMILES string of the molecule is Cc1cc(CBr)ccc1N1CC2CCCCN2CC1C. The van der Waals surface area contributed by atoms with Crippen LogP contribution in [0, 0.1) is 6.92 Å². The van der Waals surface area contributed by atoms with E-state index in [0.29, 0.717) is 6.04 Å². The smallest absolute Gasteiger partial charge is 0.0399 e. The molecule has 0 aromatic heterocycles. The zero-order chi connectivity index (χ0) is 14.1. The van der Waals surface area contributed by atoms with Gasteiger partial charge in [0.1, 0.15) is 0 Å². The summed E-state index contributed by atoms with van der Waals surface area (Å²) >= 11 is 3.55. The lowest BCUT2D eigenvalue weighted by molar-refractivity contribution is 0.115. The number of aryl methyl sites for hydroxylation is 1. The van der Waals surface area contributed by atoms with Gasteiger partial charge in [0.2, 0.25) is 0 Å². The molecule has 0 saturated carbocycles. The molecule has 2 fully saturated rings. The number of fused-ring (bicyclic) bond motifs is 1. The van der Waals surface area contributed by atoms with E-state index < -0.39 is 0 Å². The van der Waals surface area contributed by atoms with Gasteiger partial charge in [0.15, 0.2) is 0 Å². The first-order valence-corrected chi connectivity index (χ1v) is 8.97. The van der Waals surface area contributed by atoms with Gasteiger partial charge >= 0.3 is 0 Å². The van der Waals surface area contributed by atoms with Crippen LogP contribution in [0.2, 0.25) is 0 Å². The van der Waals surface area contributed by atoms with Crippen molar-refractivity contribution in [3.63, 3.8) is 0 Å². The van der Waals surface area contributed by atoms with Gasteiger partial charge in [-0.3, -0.25) is 4.90 Å². The normalized spacial score (nSPS) is 27.4. The van der Waals surface area contributed by atoms with Crippen LogP contribution in [0.25, 0.3) is 0 Å². The first-order chi connectivity index (χ1) is 9.69. The molecule has 0 radical (unpaired) electrons. The molecule has 2 heterocycles. The second-order valence-electron chi connectivity index (χ2n) is 6.40. The Labute approximate surface area is 131 Å². The number of halogens is 1. The van der Waals surface area contributed by atoms with Gasteiger partial charge in [-0.2, -0.15) is 0 Å². The van der Waals surface area contributed by atoms with Crippen LogP contribution in [0.5, 0.6) is 0 Å². The highest BCUT2D eigenvalue weighted by Crippen LogP contribution is 2.30. The van der Waals surface area contributed by atoms with Crippen LogP contribution in [-0.2, 0) is 5.33 Å². The first-order valence-electron chi connectivity index (χ1n) is 7.85. The zero-order valence-electron chi connectivity index (χ0n) is 12.6. The Balaban J connectivity index is 1.82. The summed E-state index contributed by atoms with van der Waals surface area (Å²) in [7, 11) is 0. The molecule has 2 saturated heterocycles. The predicted octanol–water partition coefficient (Wildman–Crippen LogP) is 3.95. The van der Waals surface area contributed by atoms with Crippen LogP contribution in [-0.4, -0.2) is 36.6 Å². The highest BCUT2D eigenvalue weighted by Gasteiger charge is 2.33. The van der Waals surface area contributed by atoms with Gasteiger partial charge in [0.25, 0.3) is 0 Å². The second kappa shape index (κ2) is 6.07. The number of rotatable bonds is 2. The van der Waals surface area contributed by atoms with Crippen molar-refractivity contribution in [2.75, 3.05) is 24.5 Å². The van der Waals surface area contributed by atoms with Gasteiger partial charge < -0.3 is 4.90 Å². The van der Waals surface area contributed by atoms with E-state index in [2.05, 4.69) is 57.8 Å². The highest BCUT2D eigenvalue weighted by molar-refractivity contribution is 9.08. The number of hydrogen-bond donors (Lipinski definition) is 0. The fraction of sp³-hybridized carbons (Fsp3) is 0.647. The topological polar surface area (TPSA) is 6.48 Å².